The van der Waals surface area contributed by atoms with Gasteiger partial charge in [0.05, 0.1) is 6.61 Å². The molecule has 1 rings (SSSR count). The number of aliphatic hydroxyl groups excluding tert-OH is 2. The third kappa shape index (κ3) is 42.1. The topological polar surface area (TPSA) is 175 Å². The largest absolute Gasteiger partial charge is 0.479 e. The molecule has 0 aromatic rings. The molecule has 6 unspecified atom stereocenters. The van der Waals surface area contributed by atoms with Crippen molar-refractivity contribution in [2.75, 3.05) is 13.2 Å². The van der Waals surface area contributed by atoms with Crippen molar-refractivity contribution in [3.63, 3.8) is 0 Å². The van der Waals surface area contributed by atoms with E-state index in [2.05, 4.69) is 32.9 Å². The molecule has 3 N–H and O–H groups in total. The van der Waals surface area contributed by atoms with Crippen molar-refractivity contribution in [2.24, 2.45) is 0 Å². The fraction of sp³-hybridized carbons (Fsp3) is 0.905. The quantitative estimate of drug-likeness (QED) is 0.0228. The minimum absolute atomic E-state index is 0.0570. The van der Waals surface area contributed by atoms with Crippen LogP contribution < -0.4 is 0 Å². The minimum atomic E-state index is -1.90. The van der Waals surface area contributed by atoms with Gasteiger partial charge >= 0.3 is 23.9 Å². The van der Waals surface area contributed by atoms with E-state index in [0.29, 0.717) is 19.3 Å². The van der Waals surface area contributed by atoms with Crippen LogP contribution in [0, 0.1) is 0 Å². The van der Waals surface area contributed by atoms with Crippen molar-refractivity contribution in [1.29, 1.82) is 0 Å². The highest BCUT2D eigenvalue weighted by atomic mass is 16.7. The molecule has 0 bridgehead atoms. The monoisotopic (exact) mass is 1060 g/mol. The second kappa shape index (κ2) is 52.2. The molecule has 0 saturated carbocycles. The second-order valence-electron chi connectivity index (χ2n) is 22.1. The van der Waals surface area contributed by atoms with Gasteiger partial charge in [-0.05, 0) is 44.9 Å². The van der Waals surface area contributed by atoms with Crippen LogP contribution in [0.3, 0.4) is 0 Å². The van der Waals surface area contributed by atoms with E-state index >= 15 is 0 Å². The molecule has 0 aliphatic carbocycles. The van der Waals surface area contributed by atoms with Gasteiger partial charge in [-0.3, -0.25) is 14.4 Å². The zero-order valence-electron chi connectivity index (χ0n) is 48.6. The number of ether oxygens (including phenoxy) is 5. The Labute approximate surface area is 458 Å². The van der Waals surface area contributed by atoms with Crippen LogP contribution in [0.2, 0.25) is 0 Å². The number of carboxylic acids is 1. The summed E-state index contributed by atoms with van der Waals surface area (Å²) in [5, 5.41) is 31.5. The predicted molar refractivity (Wildman–Crippen MR) is 304 cm³/mol. The molecule has 0 amide bonds. The number of rotatable bonds is 55. The first-order chi connectivity index (χ1) is 36.6. The summed E-state index contributed by atoms with van der Waals surface area (Å²) in [6, 6.07) is 0. The summed E-state index contributed by atoms with van der Waals surface area (Å²) >= 11 is 0. The molecule has 0 aromatic heterocycles. The molecule has 1 fully saturated rings. The lowest BCUT2D eigenvalue weighted by molar-refractivity contribution is -0.301. The van der Waals surface area contributed by atoms with Crippen LogP contribution in [-0.2, 0) is 42.9 Å². The number of hydrogen-bond donors (Lipinski definition) is 3. The van der Waals surface area contributed by atoms with Crippen molar-refractivity contribution in [3.05, 3.63) is 12.2 Å². The highest BCUT2D eigenvalue weighted by Gasteiger charge is 2.50. The first-order valence-corrected chi connectivity index (χ1v) is 31.7. The molecular formula is C63H116O12. The zero-order chi connectivity index (χ0) is 54.7. The lowest BCUT2D eigenvalue weighted by Gasteiger charge is -2.40. The number of carboxylic acid groups (broad SMARTS) is 1. The van der Waals surface area contributed by atoms with E-state index in [1.54, 1.807) is 0 Å². The highest BCUT2D eigenvalue weighted by Crippen LogP contribution is 2.27. The highest BCUT2D eigenvalue weighted by molar-refractivity contribution is 5.74. The van der Waals surface area contributed by atoms with Crippen LogP contribution in [-0.4, -0.2) is 89.2 Å². The summed E-state index contributed by atoms with van der Waals surface area (Å²) < 4.78 is 28.5. The van der Waals surface area contributed by atoms with Gasteiger partial charge in [-0.2, -0.15) is 0 Å². The number of esters is 3. The molecule has 12 heteroatoms. The summed E-state index contributed by atoms with van der Waals surface area (Å²) in [4.78, 5) is 51.2. The maximum atomic E-state index is 13.2. The van der Waals surface area contributed by atoms with Gasteiger partial charge in [-0.25, -0.2) is 4.79 Å². The lowest BCUT2D eigenvalue weighted by atomic mass is 9.98. The van der Waals surface area contributed by atoms with Gasteiger partial charge in [0.2, 0.25) is 0 Å². The Bertz CT molecular complexity index is 1360. The predicted octanol–water partition coefficient (Wildman–Crippen LogP) is 16.5. The number of aliphatic carboxylic acids is 1. The minimum Gasteiger partial charge on any atom is -0.479 e. The van der Waals surface area contributed by atoms with E-state index in [9.17, 15) is 34.5 Å². The number of carbonyl (C=O) groups is 4. The molecule has 0 spiro atoms. The molecule has 12 nitrogen and oxygen atoms in total. The summed E-state index contributed by atoms with van der Waals surface area (Å²) in [6.45, 7) is 6.04. The molecule has 0 aromatic carbocycles. The fourth-order valence-corrected chi connectivity index (χ4v) is 9.95. The first kappa shape index (κ1) is 70.5. The van der Waals surface area contributed by atoms with Crippen LogP contribution in [0.5, 0.6) is 0 Å². The Balaban J connectivity index is 2.66. The van der Waals surface area contributed by atoms with E-state index in [-0.39, 0.29) is 25.9 Å². The molecule has 1 saturated heterocycles. The molecule has 440 valence electrons. The number of allylic oxidation sites excluding steroid dienone is 2. The Morgan fingerprint density at radius 2 is 0.760 bits per heavy atom. The number of hydrogen-bond acceptors (Lipinski definition) is 11. The maximum Gasteiger partial charge on any atom is 0.335 e. The smallest absolute Gasteiger partial charge is 0.335 e. The van der Waals surface area contributed by atoms with Gasteiger partial charge in [0, 0.05) is 19.3 Å². The van der Waals surface area contributed by atoms with Crippen LogP contribution in [0.4, 0.5) is 0 Å². The van der Waals surface area contributed by atoms with Gasteiger partial charge in [0.15, 0.2) is 24.6 Å². The number of carbonyl (C=O) groups excluding carboxylic acids is 3. The number of aliphatic hydroxyl groups is 2. The Hall–Kier alpha value is -2.54. The van der Waals surface area contributed by atoms with Crippen LogP contribution >= 0.6 is 0 Å². The average Bonchev–Trinajstić information content (AvgIpc) is 3.39. The van der Waals surface area contributed by atoms with Gasteiger partial charge in [0.25, 0.3) is 0 Å². The molecule has 0 radical (unpaired) electrons. The van der Waals surface area contributed by atoms with Gasteiger partial charge in [-0.1, -0.05) is 264 Å². The SMILES string of the molecule is CCCCCCCC/C=C\CCCCCCCC(=O)OC1C(OCC(COC(=O)CCCCCCCCCCCCCCCCC)OC(=O)CCCCCCCCCCCCCCCCC)OC(C(=O)O)C(O)C1O. The Morgan fingerprint density at radius 3 is 1.13 bits per heavy atom. The van der Waals surface area contributed by atoms with Gasteiger partial charge in [0.1, 0.15) is 18.8 Å². The van der Waals surface area contributed by atoms with Crippen molar-refractivity contribution in [1.82, 2.24) is 0 Å². The summed E-state index contributed by atoms with van der Waals surface area (Å²) in [6.07, 6.45) is 46.0. The first-order valence-electron chi connectivity index (χ1n) is 31.7. The third-order valence-corrected chi connectivity index (χ3v) is 14.8. The van der Waals surface area contributed by atoms with Crippen molar-refractivity contribution in [2.45, 2.75) is 353 Å². The maximum absolute atomic E-state index is 13.2. The van der Waals surface area contributed by atoms with Crippen molar-refractivity contribution < 1.29 is 58.2 Å². The van der Waals surface area contributed by atoms with Crippen LogP contribution in [0.15, 0.2) is 12.2 Å². The standard InChI is InChI=1S/C63H116O12/c1-4-7-10-13-16-19-22-25-28-31-34-37-40-43-46-49-55(64)71-52-54(73-56(65)50-47-44-41-38-35-32-29-26-23-20-17-14-11-8-5-2)53-72-63-61(59(68)58(67)60(75-63)62(69)70)74-57(66)51-48-45-42-39-36-33-30-27-24-21-18-15-12-9-6-3/h27,30,54,58-61,63,67-68H,4-26,28-29,31-53H2,1-3H3,(H,69,70)/b30-27-. The average molecular weight is 1070 g/mol. The van der Waals surface area contributed by atoms with Crippen LogP contribution in [0.25, 0.3) is 0 Å². The van der Waals surface area contributed by atoms with Gasteiger partial charge < -0.3 is 39.0 Å². The zero-order valence-corrected chi connectivity index (χ0v) is 48.6. The summed E-state index contributed by atoms with van der Waals surface area (Å²) in [5.41, 5.74) is 0. The van der Waals surface area contributed by atoms with E-state index in [4.69, 9.17) is 23.7 Å². The van der Waals surface area contributed by atoms with E-state index in [0.717, 1.165) is 77.0 Å². The third-order valence-electron chi connectivity index (χ3n) is 14.8. The van der Waals surface area contributed by atoms with Gasteiger partial charge in [-0.15, -0.1) is 0 Å². The summed E-state index contributed by atoms with van der Waals surface area (Å²) in [7, 11) is 0. The Kier molecular flexibility index (Phi) is 49.0. The second-order valence-corrected chi connectivity index (χ2v) is 22.1. The van der Waals surface area contributed by atoms with E-state index in [1.807, 2.05) is 0 Å². The van der Waals surface area contributed by atoms with E-state index in [1.165, 1.54) is 180 Å². The molecule has 75 heavy (non-hydrogen) atoms. The van der Waals surface area contributed by atoms with Crippen LogP contribution in [0.1, 0.15) is 316 Å². The molecule has 1 heterocycles. The fourth-order valence-electron chi connectivity index (χ4n) is 9.95. The lowest BCUT2D eigenvalue weighted by Crippen LogP contribution is -2.61. The van der Waals surface area contributed by atoms with Crippen molar-refractivity contribution in [3.8, 4) is 0 Å². The summed E-state index contributed by atoms with van der Waals surface area (Å²) in [5.74, 6) is -3.08. The Morgan fingerprint density at radius 1 is 0.427 bits per heavy atom. The molecule has 1 aliphatic heterocycles. The molecular weight excluding hydrogens is 949 g/mol. The normalized spacial score (nSPS) is 18.1. The van der Waals surface area contributed by atoms with Crippen molar-refractivity contribution >= 4 is 23.9 Å². The number of unbranched alkanes of at least 4 members (excludes halogenated alkanes) is 39. The molecule has 6 atom stereocenters. The van der Waals surface area contributed by atoms with E-state index < -0.39 is 67.3 Å². The molecule has 1 aliphatic rings.